The van der Waals surface area contributed by atoms with Gasteiger partial charge in [-0.15, -0.1) is 0 Å². The SMILES string of the molecule is COCCn1cc(NC(=O)N2CCN(c3ccc(F)cc3)CC2)c2ccccc21. The molecule has 1 fully saturated rings. The third-order valence-electron chi connectivity index (χ3n) is 5.33. The predicted molar refractivity (Wildman–Crippen MR) is 113 cm³/mol. The van der Waals surface area contributed by atoms with Gasteiger partial charge in [-0.25, -0.2) is 9.18 Å². The van der Waals surface area contributed by atoms with Crippen LogP contribution in [0.15, 0.2) is 54.7 Å². The van der Waals surface area contributed by atoms with E-state index in [1.807, 2.05) is 35.4 Å². The number of halogens is 1. The molecule has 1 aliphatic rings. The van der Waals surface area contributed by atoms with Crippen LogP contribution in [0, 0.1) is 5.82 Å². The molecule has 152 valence electrons. The fraction of sp³-hybridized carbons (Fsp3) is 0.318. The van der Waals surface area contributed by atoms with E-state index in [2.05, 4.69) is 14.8 Å². The first kappa shape index (κ1) is 19.3. The minimum atomic E-state index is -0.239. The van der Waals surface area contributed by atoms with Crippen molar-refractivity contribution in [2.24, 2.45) is 0 Å². The third kappa shape index (κ3) is 4.19. The molecule has 29 heavy (non-hydrogen) atoms. The highest BCUT2D eigenvalue weighted by atomic mass is 19.1. The van der Waals surface area contributed by atoms with Crippen LogP contribution in [0.2, 0.25) is 0 Å². The molecule has 0 atom stereocenters. The molecular weight excluding hydrogens is 371 g/mol. The van der Waals surface area contributed by atoms with E-state index in [-0.39, 0.29) is 11.8 Å². The first-order chi connectivity index (χ1) is 14.2. The van der Waals surface area contributed by atoms with Crippen LogP contribution >= 0.6 is 0 Å². The molecule has 0 spiro atoms. The van der Waals surface area contributed by atoms with Crippen LogP contribution < -0.4 is 10.2 Å². The monoisotopic (exact) mass is 396 g/mol. The van der Waals surface area contributed by atoms with Crippen molar-refractivity contribution in [3.05, 3.63) is 60.5 Å². The number of anilines is 2. The lowest BCUT2D eigenvalue weighted by Crippen LogP contribution is -2.50. The zero-order valence-corrected chi connectivity index (χ0v) is 16.5. The van der Waals surface area contributed by atoms with E-state index in [0.29, 0.717) is 32.8 Å². The van der Waals surface area contributed by atoms with Crippen LogP contribution in [0.5, 0.6) is 0 Å². The molecule has 1 N–H and O–H groups in total. The number of hydrogen-bond donors (Lipinski definition) is 1. The summed E-state index contributed by atoms with van der Waals surface area (Å²) >= 11 is 0. The number of hydrogen-bond acceptors (Lipinski definition) is 3. The second-order valence-electron chi connectivity index (χ2n) is 7.13. The van der Waals surface area contributed by atoms with Crippen LogP contribution in [0.25, 0.3) is 10.9 Å². The number of urea groups is 1. The van der Waals surface area contributed by atoms with Crippen molar-refractivity contribution in [2.75, 3.05) is 50.1 Å². The van der Waals surface area contributed by atoms with Gasteiger partial charge in [0.1, 0.15) is 5.82 Å². The lowest BCUT2D eigenvalue weighted by Gasteiger charge is -2.36. The molecule has 1 aliphatic heterocycles. The normalized spacial score (nSPS) is 14.4. The summed E-state index contributed by atoms with van der Waals surface area (Å²) < 4.78 is 20.4. The second kappa shape index (κ2) is 8.53. The fourth-order valence-corrected chi connectivity index (χ4v) is 3.73. The molecule has 0 unspecified atom stereocenters. The molecule has 3 aromatic rings. The van der Waals surface area contributed by atoms with Crippen LogP contribution in [0.4, 0.5) is 20.6 Å². The maximum Gasteiger partial charge on any atom is 0.322 e. The van der Waals surface area contributed by atoms with Crippen molar-refractivity contribution in [3.63, 3.8) is 0 Å². The molecule has 2 amide bonds. The number of rotatable bonds is 5. The number of benzene rings is 2. The Balaban J connectivity index is 1.42. The standard InChI is InChI=1S/C22H25FN4O2/c1-29-15-14-27-16-20(19-4-2-3-5-21(19)27)24-22(28)26-12-10-25(11-13-26)18-8-6-17(23)7-9-18/h2-9,16H,10-15H2,1H3,(H,24,28). The second-order valence-corrected chi connectivity index (χ2v) is 7.13. The average Bonchev–Trinajstić information content (AvgIpc) is 3.10. The van der Waals surface area contributed by atoms with Crippen LogP contribution in [-0.2, 0) is 11.3 Å². The van der Waals surface area contributed by atoms with Crippen LogP contribution in [0.3, 0.4) is 0 Å². The Morgan fingerprint density at radius 2 is 1.79 bits per heavy atom. The van der Waals surface area contributed by atoms with Crippen molar-refractivity contribution in [3.8, 4) is 0 Å². The van der Waals surface area contributed by atoms with Gasteiger partial charge in [-0.05, 0) is 30.3 Å². The average molecular weight is 396 g/mol. The first-order valence-electron chi connectivity index (χ1n) is 9.79. The van der Waals surface area contributed by atoms with Gasteiger partial charge in [-0.1, -0.05) is 18.2 Å². The van der Waals surface area contributed by atoms with Crippen LogP contribution in [-0.4, -0.2) is 55.4 Å². The number of ether oxygens (including phenoxy) is 1. The number of piperazine rings is 1. The van der Waals surface area contributed by atoms with Crippen molar-refractivity contribution in [2.45, 2.75) is 6.54 Å². The third-order valence-corrected chi connectivity index (χ3v) is 5.33. The van der Waals surface area contributed by atoms with Crippen molar-refractivity contribution < 1.29 is 13.9 Å². The van der Waals surface area contributed by atoms with Gasteiger partial charge in [0.2, 0.25) is 0 Å². The lowest BCUT2D eigenvalue weighted by molar-refractivity contribution is 0.188. The van der Waals surface area contributed by atoms with Gasteiger partial charge >= 0.3 is 6.03 Å². The maximum absolute atomic E-state index is 13.1. The predicted octanol–water partition coefficient (Wildman–Crippen LogP) is 3.78. The van der Waals surface area contributed by atoms with Gasteiger partial charge in [0, 0.05) is 57.1 Å². The van der Waals surface area contributed by atoms with Gasteiger partial charge in [-0.3, -0.25) is 0 Å². The zero-order valence-electron chi connectivity index (χ0n) is 16.5. The summed E-state index contributed by atoms with van der Waals surface area (Å²) in [7, 11) is 1.68. The fourth-order valence-electron chi connectivity index (χ4n) is 3.73. The molecule has 0 aliphatic carbocycles. The molecule has 6 nitrogen and oxygen atoms in total. The Kier molecular flexibility index (Phi) is 5.67. The van der Waals surface area contributed by atoms with Gasteiger partial charge in [0.25, 0.3) is 0 Å². The van der Waals surface area contributed by atoms with Crippen molar-refractivity contribution in [1.82, 2.24) is 9.47 Å². The number of para-hydroxylation sites is 1. The molecule has 0 bridgehead atoms. The Labute approximate surface area is 169 Å². The van der Waals surface area contributed by atoms with Gasteiger partial charge in [-0.2, -0.15) is 0 Å². The summed E-state index contributed by atoms with van der Waals surface area (Å²) in [4.78, 5) is 16.8. The largest absolute Gasteiger partial charge is 0.383 e. The minimum absolute atomic E-state index is 0.0987. The molecule has 1 saturated heterocycles. The molecule has 2 aromatic carbocycles. The highest BCUT2D eigenvalue weighted by molar-refractivity contribution is 6.01. The number of nitrogens with zero attached hydrogens (tertiary/aromatic N) is 3. The summed E-state index contributed by atoms with van der Waals surface area (Å²) in [6.45, 7) is 4.00. The van der Waals surface area contributed by atoms with Gasteiger partial charge in [0.05, 0.1) is 17.8 Å². The number of methoxy groups -OCH3 is 1. The lowest BCUT2D eigenvalue weighted by atomic mass is 10.2. The van der Waals surface area contributed by atoms with Gasteiger partial charge < -0.3 is 24.4 Å². The summed E-state index contributed by atoms with van der Waals surface area (Å²) in [5.74, 6) is -0.239. The van der Waals surface area contributed by atoms with E-state index >= 15 is 0 Å². The maximum atomic E-state index is 13.1. The highest BCUT2D eigenvalue weighted by Gasteiger charge is 2.22. The number of fused-ring (bicyclic) bond motifs is 1. The van der Waals surface area contributed by atoms with E-state index in [0.717, 1.165) is 28.8 Å². The minimum Gasteiger partial charge on any atom is -0.383 e. The summed E-state index contributed by atoms with van der Waals surface area (Å²) in [6, 6.07) is 14.4. The van der Waals surface area contributed by atoms with E-state index in [1.165, 1.54) is 12.1 Å². The van der Waals surface area contributed by atoms with E-state index < -0.39 is 0 Å². The summed E-state index contributed by atoms with van der Waals surface area (Å²) in [5.41, 5.74) is 2.86. The Bertz CT molecular complexity index is 978. The summed E-state index contributed by atoms with van der Waals surface area (Å²) in [5, 5.41) is 4.09. The van der Waals surface area contributed by atoms with E-state index in [4.69, 9.17) is 4.74 Å². The van der Waals surface area contributed by atoms with Crippen LogP contribution in [0.1, 0.15) is 0 Å². The molecule has 2 heterocycles. The molecule has 7 heteroatoms. The highest BCUT2D eigenvalue weighted by Crippen LogP contribution is 2.26. The topological polar surface area (TPSA) is 49.7 Å². The Morgan fingerprint density at radius 3 is 2.52 bits per heavy atom. The summed E-state index contributed by atoms with van der Waals surface area (Å²) in [6.07, 6.45) is 1.97. The molecule has 0 radical (unpaired) electrons. The van der Waals surface area contributed by atoms with E-state index in [9.17, 15) is 9.18 Å². The first-order valence-corrected chi connectivity index (χ1v) is 9.79. The molecule has 1 aromatic heterocycles. The zero-order chi connectivity index (χ0) is 20.2. The quantitative estimate of drug-likeness (QED) is 0.714. The van der Waals surface area contributed by atoms with Gasteiger partial charge in [0.15, 0.2) is 0 Å². The van der Waals surface area contributed by atoms with Crippen molar-refractivity contribution >= 4 is 28.3 Å². The molecular formula is C22H25FN4O2. The smallest absolute Gasteiger partial charge is 0.322 e. The Morgan fingerprint density at radius 1 is 1.07 bits per heavy atom. The number of amides is 2. The van der Waals surface area contributed by atoms with E-state index in [1.54, 1.807) is 19.2 Å². The molecule has 4 rings (SSSR count). The number of carbonyl (C=O) groups is 1. The number of aromatic nitrogens is 1. The number of carbonyl (C=O) groups excluding carboxylic acids is 1. The number of nitrogens with one attached hydrogen (secondary N) is 1. The Hall–Kier alpha value is -3.06. The molecule has 0 saturated carbocycles. The van der Waals surface area contributed by atoms with Crippen molar-refractivity contribution in [1.29, 1.82) is 0 Å².